The molecule has 1 aliphatic carbocycles. The highest BCUT2D eigenvalue weighted by Gasteiger charge is 2.32. The number of benzene rings is 1. The van der Waals surface area contributed by atoms with Crippen molar-refractivity contribution in [2.45, 2.75) is 45.6 Å². The Kier molecular flexibility index (Phi) is 6.52. The maximum atomic E-state index is 13.1. The molecule has 2 aromatic rings. The van der Waals surface area contributed by atoms with Crippen LogP contribution in [0.3, 0.4) is 0 Å². The number of sulfonamides is 1. The lowest BCUT2D eigenvalue weighted by atomic mass is 9.95. The molecule has 162 valence electrons. The summed E-state index contributed by atoms with van der Waals surface area (Å²) < 4.78 is 31.0. The lowest BCUT2D eigenvalue weighted by molar-refractivity contribution is -0.116. The number of carbonyl (C=O) groups excluding carboxylic acids is 2. The molecular weight excluding hydrogens is 424 g/mol. The van der Waals surface area contributed by atoms with Crippen molar-refractivity contribution in [2.24, 2.45) is 0 Å². The van der Waals surface area contributed by atoms with E-state index in [2.05, 4.69) is 5.32 Å². The van der Waals surface area contributed by atoms with Crippen molar-refractivity contribution in [1.29, 1.82) is 0 Å². The first-order valence-electron chi connectivity index (χ1n) is 9.73. The summed E-state index contributed by atoms with van der Waals surface area (Å²) in [6.07, 6.45) is 4.70. The van der Waals surface area contributed by atoms with Gasteiger partial charge in [-0.25, -0.2) is 13.2 Å². The first-order valence-corrected chi connectivity index (χ1v) is 12.4. The molecule has 1 N–H and O–H groups in total. The normalized spacial score (nSPS) is 14.5. The molecule has 1 aromatic heterocycles. The van der Waals surface area contributed by atoms with E-state index in [1.807, 2.05) is 6.92 Å². The highest BCUT2D eigenvalue weighted by Crippen LogP contribution is 2.38. The van der Waals surface area contributed by atoms with Crippen molar-refractivity contribution >= 4 is 43.9 Å². The van der Waals surface area contributed by atoms with Gasteiger partial charge in [0.2, 0.25) is 15.9 Å². The van der Waals surface area contributed by atoms with Gasteiger partial charge in [-0.05, 0) is 57.2 Å². The number of nitrogens with zero attached hydrogens (tertiary/aromatic N) is 1. The van der Waals surface area contributed by atoms with Crippen LogP contribution < -0.4 is 9.62 Å². The number of ether oxygens (including phenoxy) is 1. The molecule has 30 heavy (non-hydrogen) atoms. The zero-order valence-corrected chi connectivity index (χ0v) is 19.2. The molecule has 1 heterocycles. The predicted molar refractivity (Wildman–Crippen MR) is 119 cm³/mol. The van der Waals surface area contributed by atoms with Crippen molar-refractivity contribution in [3.8, 4) is 0 Å². The fourth-order valence-corrected chi connectivity index (χ4v) is 6.14. The zero-order valence-electron chi connectivity index (χ0n) is 17.5. The monoisotopic (exact) mass is 450 g/mol. The summed E-state index contributed by atoms with van der Waals surface area (Å²) in [4.78, 5) is 26.5. The van der Waals surface area contributed by atoms with Crippen LogP contribution in [-0.4, -0.2) is 39.7 Å². The third-order valence-electron chi connectivity index (χ3n) is 5.17. The average molecular weight is 451 g/mol. The second kappa shape index (κ2) is 8.77. The van der Waals surface area contributed by atoms with E-state index in [-0.39, 0.29) is 0 Å². The van der Waals surface area contributed by atoms with Gasteiger partial charge in [0.25, 0.3) is 0 Å². The molecule has 0 radical (unpaired) electrons. The van der Waals surface area contributed by atoms with Crippen LogP contribution >= 0.6 is 11.3 Å². The van der Waals surface area contributed by atoms with Crippen LogP contribution in [0.2, 0.25) is 0 Å². The minimum absolute atomic E-state index is 0.388. The van der Waals surface area contributed by atoms with Gasteiger partial charge in [0, 0.05) is 4.88 Å². The lowest BCUT2D eigenvalue weighted by Crippen LogP contribution is -2.45. The predicted octanol–water partition coefficient (Wildman–Crippen LogP) is 3.52. The Morgan fingerprint density at radius 3 is 2.40 bits per heavy atom. The van der Waals surface area contributed by atoms with Crippen LogP contribution in [0.25, 0.3) is 0 Å². The number of esters is 1. The van der Waals surface area contributed by atoms with Crippen molar-refractivity contribution in [1.82, 2.24) is 0 Å². The minimum atomic E-state index is -3.72. The second-order valence-corrected chi connectivity index (χ2v) is 10.4. The highest BCUT2D eigenvalue weighted by atomic mass is 32.2. The molecule has 3 rings (SSSR count). The number of carbonyl (C=O) groups is 2. The molecule has 7 nitrogen and oxygen atoms in total. The number of thiophene rings is 1. The van der Waals surface area contributed by atoms with Crippen LogP contribution in [0, 0.1) is 6.92 Å². The zero-order chi connectivity index (χ0) is 22.1. The van der Waals surface area contributed by atoms with Gasteiger partial charge in [0.15, 0.2) is 0 Å². The largest absolute Gasteiger partial charge is 0.465 e. The Bertz CT molecular complexity index is 1060. The van der Waals surface area contributed by atoms with E-state index < -0.39 is 27.9 Å². The molecule has 1 amide bonds. The van der Waals surface area contributed by atoms with Gasteiger partial charge < -0.3 is 10.1 Å². The average Bonchev–Trinajstić information content (AvgIpc) is 3.05. The van der Waals surface area contributed by atoms with Crippen LogP contribution in [-0.2, 0) is 32.4 Å². The topological polar surface area (TPSA) is 92.8 Å². The molecule has 0 unspecified atom stereocenters. The number of hydrogen-bond donors (Lipinski definition) is 1. The molecule has 0 aliphatic heterocycles. The molecular formula is C21H26N2O5S2. The van der Waals surface area contributed by atoms with Crippen LogP contribution in [0.1, 0.15) is 46.1 Å². The molecule has 0 fully saturated rings. The summed E-state index contributed by atoms with van der Waals surface area (Å²) >= 11 is 1.37. The van der Waals surface area contributed by atoms with E-state index in [4.69, 9.17) is 4.74 Å². The van der Waals surface area contributed by atoms with E-state index in [1.54, 1.807) is 24.3 Å². The molecule has 1 atom stereocenters. The van der Waals surface area contributed by atoms with Gasteiger partial charge in [-0.2, -0.15) is 0 Å². The fourth-order valence-electron chi connectivity index (χ4n) is 3.69. The van der Waals surface area contributed by atoms with E-state index in [9.17, 15) is 18.0 Å². The number of methoxy groups -OCH3 is 1. The van der Waals surface area contributed by atoms with E-state index >= 15 is 0 Å². The minimum Gasteiger partial charge on any atom is -0.465 e. The molecule has 1 aromatic carbocycles. The van der Waals surface area contributed by atoms with E-state index in [1.165, 1.54) is 25.4 Å². The summed E-state index contributed by atoms with van der Waals surface area (Å²) in [7, 11) is -2.40. The Hall–Kier alpha value is -2.39. The quantitative estimate of drug-likeness (QED) is 0.680. The first kappa shape index (κ1) is 22.3. The Balaban J connectivity index is 1.93. The molecule has 0 saturated carbocycles. The van der Waals surface area contributed by atoms with Gasteiger partial charge in [-0.15, -0.1) is 11.3 Å². The van der Waals surface area contributed by atoms with Crippen molar-refractivity contribution in [3.63, 3.8) is 0 Å². The van der Waals surface area contributed by atoms with E-state index in [0.717, 1.165) is 52.2 Å². The summed E-state index contributed by atoms with van der Waals surface area (Å²) in [5, 5.41) is 3.21. The molecule has 1 aliphatic rings. The fraction of sp³-hybridized carbons (Fsp3) is 0.429. The molecule has 0 bridgehead atoms. The van der Waals surface area contributed by atoms with Crippen molar-refractivity contribution in [3.05, 3.63) is 45.8 Å². The van der Waals surface area contributed by atoms with Gasteiger partial charge >= 0.3 is 5.97 Å². The van der Waals surface area contributed by atoms with Crippen LogP contribution in [0.15, 0.2) is 24.3 Å². The number of anilines is 2. The summed E-state index contributed by atoms with van der Waals surface area (Å²) in [6, 6.07) is 5.92. The van der Waals surface area contributed by atoms with Crippen LogP contribution in [0.4, 0.5) is 10.7 Å². The lowest BCUT2D eigenvalue weighted by Gasteiger charge is -2.28. The Morgan fingerprint density at radius 1 is 1.17 bits per heavy atom. The van der Waals surface area contributed by atoms with Crippen molar-refractivity contribution in [2.75, 3.05) is 23.0 Å². The van der Waals surface area contributed by atoms with E-state index in [0.29, 0.717) is 16.3 Å². The van der Waals surface area contributed by atoms with Gasteiger partial charge in [-0.3, -0.25) is 9.10 Å². The molecule has 9 heteroatoms. The number of amides is 1. The second-order valence-electron chi connectivity index (χ2n) is 7.47. The number of rotatable bonds is 6. The number of hydrogen-bond acceptors (Lipinski definition) is 6. The Morgan fingerprint density at radius 2 is 1.80 bits per heavy atom. The molecule has 0 spiro atoms. The Labute approximate surface area is 181 Å². The SMILES string of the molecule is COC(=O)c1c(NC(=O)[C@H](C)N(c2ccc(C)cc2)S(C)(=O)=O)sc2c1CCCC2. The first-order chi connectivity index (χ1) is 14.1. The maximum absolute atomic E-state index is 13.1. The summed E-state index contributed by atoms with van der Waals surface area (Å²) in [5.41, 5.74) is 2.71. The number of nitrogens with one attached hydrogen (secondary N) is 1. The van der Waals surface area contributed by atoms with Crippen LogP contribution in [0.5, 0.6) is 0 Å². The highest BCUT2D eigenvalue weighted by molar-refractivity contribution is 7.92. The van der Waals surface area contributed by atoms with Gasteiger partial charge in [-0.1, -0.05) is 17.7 Å². The summed E-state index contributed by atoms with van der Waals surface area (Å²) in [6.45, 7) is 3.43. The summed E-state index contributed by atoms with van der Waals surface area (Å²) in [5.74, 6) is -0.999. The maximum Gasteiger partial charge on any atom is 0.341 e. The third-order valence-corrected chi connectivity index (χ3v) is 7.62. The smallest absolute Gasteiger partial charge is 0.341 e. The van der Waals surface area contributed by atoms with Gasteiger partial charge in [0.05, 0.1) is 24.6 Å². The van der Waals surface area contributed by atoms with Crippen molar-refractivity contribution < 1.29 is 22.7 Å². The molecule has 0 saturated heterocycles. The van der Waals surface area contributed by atoms with Gasteiger partial charge in [0.1, 0.15) is 11.0 Å². The standard InChI is InChI=1S/C21H26N2O5S2/c1-13-9-11-15(12-10-13)23(30(4,26)27)14(2)19(24)22-20-18(21(25)28-3)16-7-5-6-8-17(16)29-20/h9-12,14H,5-8H2,1-4H3,(H,22,24)/t14-/m0/s1. The third kappa shape index (κ3) is 4.52. The number of fused-ring (bicyclic) bond motifs is 1. The number of aryl methyl sites for hydroxylation is 2.